The van der Waals surface area contributed by atoms with Gasteiger partial charge in [0.2, 0.25) is 0 Å². The number of hydrogen-bond donors (Lipinski definition) is 1. The van der Waals surface area contributed by atoms with E-state index in [4.69, 9.17) is 0 Å². The first kappa shape index (κ1) is 25.2. The molecule has 0 aliphatic carbocycles. The predicted octanol–water partition coefficient (Wildman–Crippen LogP) is 7.18. The van der Waals surface area contributed by atoms with Crippen molar-refractivity contribution in [2.45, 2.75) is 71.9 Å². The molecule has 3 aromatic rings. The van der Waals surface area contributed by atoms with E-state index >= 15 is 0 Å². The molecule has 0 spiro atoms. The summed E-state index contributed by atoms with van der Waals surface area (Å²) in [6.07, 6.45) is 4.09. The topological polar surface area (TPSA) is 29.1 Å². The molecule has 1 saturated heterocycles. The monoisotopic (exact) mass is 469 g/mol. The maximum Gasteiger partial charge on any atom is 0.282 e. The summed E-state index contributed by atoms with van der Waals surface area (Å²) in [6.45, 7) is 11.5. The highest BCUT2D eigenvalue weighted by molar-refractivity contribution is 5.95. The minimum Gasteiger partial charge on any atom is -0.320 e. The van der Waals surface area contributed by atoms with Gasteiger partial charge >= 0.3 is 0 Å². The number of carbonyl (C=O) groups is 1. The van der Waals surface area contributed by atoms with Gasteiger partial charge in [-0.25, -0.2) is 0 Å². The molecule has 1 amide bonds. The van der Waals surface area contributed by atoms with Gasteiger partial charge in [0.25, 0.3) is 5.91 Å². The number of rotatable bonds is 8. The molecule has 1 unspecified atom stereocenters. The molecule has 1 N–H and O–H groups in total. The number of para-hydroxylation sites is 1. The first-order chi connectivity index (χ1) is 17.0. The van der Waals surface area contributed by atoms with Gasteiger partial charge in [-0.2, -0.15) is 0 Å². The third-order valence-electron chi connectivity index (χ3n) is 8.18. The van der Waals surface area contributed by atoms with E-state index in [1.807, 2.05) is 0 Å². The second-order valence-electron chi connectivity index (χ2n) is 10.3. The van der Waals surface area contributed by atoms with Crippen LogP contribution in [0.3, 0.4) is 0 Å². The molecule has 0 aromatic heterocycles. The van der Waals surface area contributed by atoms with Crippen molar-refractivity contribution in [1.82, 2.24) is 0 Å². The summed E-state index contributed by atoms with van der Waals surface area (Å²) in [5, 5.41) is 3.35. The number of hydrogen-bond acceptors (Lipinski definition) is 1. The van der Waals surface area contributed by atoms with Gasteiger partial charge in [-0.1, -0.05) is 86.6 Å². The van der Waals surface area contributed by atoms with Gasteiger partial charge in [0.05, 0.1) is 13.1 Å². The molecule has 1 aliphatic rings. The highest BCUT2D eigenvalue weighted by atomic mass is 16.2. The maximum absolute atomic E-state index is 13.9. The number of benzene rings is 3. The molecule has 3 aromatic carbocycles. The first-order valence-electron chi connectivity index (χ1n) is 13.3. The molecular formula is C32H41N2O+. The predicted molar refractivity (Wildman–Crippen MR) is 147 cm³/mol. The van der Waals surface area contributed by atoms with E-state index in [-0.39, 0.29) is 11.9 Å². The zero-order chi connectivity index (χ0) is 24.8. The second-order valence-corrected chi connectivity index (χ2v) is 10.3. The van der Waals surface area contributed by atoms with Gasteiger partial charge < -0.3 is 9.80 Å². The van der Waals surface area contributed by atoms with Crippen LogP contribution in [-0.2, 0) is 17.8 Å². The lowest BCUT2D eigenvalue weighted by atomic mass is 9.86. The Hall–Kier alpha value is -2.91. The summed E-state index contributed by atoms with van der Waals surface area (Å²) in [7, 11) is 0. The quantitative estimate of drug-likeness (QED) is 0.348. The number of carbonyl (C=O) groups excluding carboxylic acids is 1. The lowest BCUT2D eigenvalue weighted by Gasteiger charge is -2.48. The minimum absolute atomic E-state index is 0.0735. The summed E-state index contributed by atoms with van der Waals surface area (Å²) in [6, 6.07) is 25.9. The van der Waals surface area contributed by atoms with Gasteiger partial charge in [0.1, 0.15) is 6.54 Å². The molecule has 3 heteroatoms. The lowest BCUT2D eigenvalue weighted by molar-refractivity contribution is -0.959. The van der Waals surface area contributed by atoms with E-state index in [2.05, 4.69) is 106 Å². The van der Waals surface area contributed by atoms with E-state index in [0.29, 0.717) is 5.92 Å². The van der Waals surface area contributed by atoms with Crippen molar-refractivity contribution in [3.05, 3.63) is 101 Å². The molecule has 1 fully saturated rings. The minimum atomic E-state index is -0.0735. The zero-order valence-corrected chi connectivity index (χ0v) is 21.9. The Kier molecular flexibility index (Phi) is 8.07. The van der Waals surface area contributed by atoms with Crippen LogP contribution in [0.2, 0.25) is 0 Å². The van der Waals surface area contributed by atoms with Crippen LogP contribution in [-0.4, -0.2) is 29.5 Å². The molecule has 4 rings (SSSR count). The van der Waals surface area contributed by atoms with E-state index in [1.165, 1.54) is 16.7 Å². The number of nitrogens with one attached hydrogen (secondary N) is 1. The average molecular weight is 470 g/mol. The normalized spacial score (nSPS) is 20.9. The van der Waals surface area contributed by atoms with Crippen LogP contribution in [0.25, 0.3) is 0 Å². The van der Waals surface area contributed by atoms with Crippen molar-refractivity contribution in [2.24, 2.45) is 0 Å². The Morgan fingerprint density at radius 3 is 2.06 bits per heavy atom. The van der Waals surface area contributed by atoms with Crippen LogP contribution in [0.4, 0.5) is 5.69 Å². The fourth-order valence-corrected chi connectivity index (χ4v) is 6.16. The summed E-state index contributed by atoms with van der Waals surface area (Å²) < 4.78 is 0.841. The van der Waals surface area contributed by atoms with Crippen molar-refractivity contribution in [3.63, 3.8) is 0 Å². The Labute approximate surface area is 211 Å². The molecule has 1 atom stereocenters. The fraction of sp³-hybridized carbons (Fsp3) is 0.406. The average Bonchev–Trinajstić information content (AvgIpc) is 2.88. The van der Waals surface area contributed by atoms with Gasteiger partial charge in [-0.15, -0.1) is 0 Å². The molecular weight excluding hydrogens is 428 g/mol. The summed E-state index contributed by atoms with van der Waals surface area (Å²) in [4.78, 5) is 13.9. The van der Waals surface area contributed by atoms with E-state index < -0.39 is 0 Å². The Morgan fingerprint density at radius 1 is 0.857 bits per heavy atom. The number of piperidine rings is 1. The number of likely N-dealkylation sites (tertiary alicyclic amines) is 1. The number of anilines is 1. The summed E-state index contributed by atoms with van der Waals surface area (Å²) in [5.41, 5.74) is 7.46. The van der Waals surface area contributed by atoms with Crippen LogP contribution >= 0.6 is 0 Å². The molecule has 0 radical (unpaired) electrons. The van der Waals surface area contributed by atoms with Gasteiger partial charge in [0, 0.05) is 30.5 Å². The molecule has 0 saturated carbocycles. The maximum atomic E-state index is 13.9. The van der Waals surface area contributed by atoms with Crippen LogP contribution in [0, 0.1) is 13.8 Å². The first-order valence-corrected chi connectivity index (χ1v) is 13.3. The third kappa shape index (κ3) is 5.51. The Bertz CT molecular complexity index is 1110. The van der Waals surface area contributed by atoms with E-state index in [1.54, 1.807) is 0 Å². The third-order valence-corrected chi connectivity index (χ3v) is 8.18. The van der Waals surface area contributed by atoms with Crippen molar-refractivity contribution in [3.8, 4) is 0 Å². The molecule has 1 aliphatic heterocycles. The van der Waals surface area contributed by atoms with Crippen molar-refractivity contribution < 1.29 is 9.28 Å². The fourth-order valence-electron chi connectivity index (χ4n) is 6.16. The largest absolute Gasteiger partial charge is 0.320 e. The van der Waals surface area contributed by atoms with Crippen molar-refractivity contribution in [2.75, 3.05) is 18.4 Å². The van der Waals surface area contributed by atoms with Crippen LogP contribution in [0.5, 0.6) is 0 Å². The Balaban J connectivity index is 1.65. The number of quaternary nitrogens is 1. The van der Waals surface area contributed by atoms with Crippen LogP contribution < -0.4 is 5.32 Å². The van der Waals surface area contributed by atoms with E-state index in [9.17, 15) is 4.79 Å². The Morgan fingerprint density at radius 2 is 1.46 bits per heavy atom. The van der Waals surface area contributed by atoms with Gasteiger partial charge in [0.15, 0.2) is 6.04 Å². The molecule has 3 nitrogen and oxygen atoms in total. The molecule has 184 valence electrons. The SMILES string of the molecule is CCc1ccccc1C[N+]1(C(CC)C(=O)Nc2c(C)cccc2C)CCC(c2ccccc2)CC1. The van der Waals surface area contributed by atoms with Crippen molar-refractivity contribution >= 4 is 11.6 Å². The highest BCUT2D eigenvalue weighted by Gasteiger charge is 2.44. The summed E-state index contributed by atoms with van der Waals surface area (Å²) in [5.74, 6) is 0.736. The van der Waals surface area contributed by atoms with Crippen LogP contribution in [0.15, 0.2) is 72.8 Å². The number of aryl methyl sites for hydroxylation is 3. The molecule has 35 heavy (non-hydrogen) atoms. The van der Waals surface area contributed by atoms with Crippen molar-refractivity contribution in [1.29, 1.82) is 0 Å². The smallest absolute Gasteiger partial charge is 0.282 e. The second kappa shape index (κ2) is 11.2. The molecule has 1 heterocycles. The highest BCUT2D eigenvalue weighted by Crippen LogP contribution is 2.37. The van der Waals surface area contributed by atoms with Crippen LogP contribution in [0.1, 0.15) is 66.8 Å². The number of amides is 1. The lowest BCUT2D eigenvalue weighted by Crippen LogP contribution is -2.62. The zero-order valence-electron chi connectivity index (χ0n) is 21.9. The standard InChI is InChI=1S/C32H40N2O/c1-5-26-15-10-11-18-29(26)23-34(21-19-28(20-22-34)27-16-8-7-9-17-27)30(6-2)32(35)33-31-24(3)13-12-14-25(31)4/h7-18,28,30H,5-6,19-23H2,1-4H3/p+1. The van der Waals surface area contributed by atoms with Gasteiger partial charge in [-0.05, 0) is 48.4 Å². The number of nitrogens with zero attached hydrogens (tertiary/aromatic N) is 1. The summed E-state index contributed by atoms with van der Waals surface area (Å²) >= 11 is 0. The van der Waals surface area contributed by atoms with Gasteiger partial charge in [-0.3, -0.25) is 4.79 Å². The van der Waals surface area contributed by atoms with E-state index in [0.717, 1.165) is 66.6 Å². The molecule has 0 bridgehead atoms.